The minimum atomic E-state index is -0.547. The molecule has 1 aromatic heterocycles. The summed E-state index contributed by atoms with van der Waals surface area (Å²) in [7, 11) is 3.46. The number of amides is 1. The lowest BCUT2D eigenvalue weighted by atomic mass is 10.3. The highest BCUT2D eigenvalue weighted by atomic mass is 32.1. The third-order valence-electron chi connectivity index (χ3n) is 2.53. The lowest BCUT2D eigenvalue weighted by Crippen LogP contribution is -2.33. The van der Waals surface area contributed by atoms with Crippen LogP contribution in [-0.4, -0.2) is 55.8 Å². The van der Waals surface area contributed by atoms with E-state index in [4.69, 9.17) is 4.74 Å². The predicted molar refractivity (Wildman–Crippen MR) is 76.2 cm³/mol. The Balaban J connectivity index is 1.99. The van der Waals surface area contributed by atoms with E-state index in [0.29, 0.717) is 32.7 Å². The maximum absolute atomic E-state index is 11.3. The van der Waals surface area contributed by atoms with Gasteiger partial charge in [-0.1, -0.05) is 6.07 Å². The summed E-state index contributed by atoms with van der Waals surface area (Å²) in [6, 6.07) is 3.98. The zero-order chi connectivity index (χ0) is 14.1. The number of hydrogen-bond donors (Lipinski definition) is 2. The van der Waals surface area contributed by atoms with Gasteiger partial charge in [-0.25, -0.2) is 0 Å². The molecule has 1 heterocycles. The van der Waals surface area contributed by atoms with Crippen LogP contribution in [0.2, 0.25) is 0 Å². The molecule has 1 aromatic rings. The standard InChI is InChI=1S/C13H22N2O3S/c1-15(2)13(17)5-6-14-8-11(16)9-18-10-12-4-3-7-19-12/h3-4,7,11,14,16H,5-6,8-10H2,1-2H3. The van der Waals surface area contributed by atoms with Crippen molar-refractivity contribution in [1.82, 2.24) is 10.2 Å². The van der Waals surface area contributed by atoms with E-state index >= 15 is 0 Å². The number of ether oxygens (including phenoxy) is 1. The summed E-state index contributed by atoms with van der Waals surface area (Å²) < 4.78 is 5.40. The molecule has 2 N–H and O–H groups in total. The van der Waals surface area contributed by atoms with Crippen LogP contribution in [0, 0.1) is 0 Å². The maximum atomic E-state index is 11.3. The highest BCUT2D eigenvalue weighted by Gasteiger charge is 2.06. The topological polar surface area (TPSA) is 61.8 Å². The van der Waals surface area contributed by atoms with Crippen LogP contribution < -0.4 is 5.32 Å². The zero-order valence-electron chi connectivity index (χ0n) is 11.5. The second kappa shape index (κ2) is 9.03. The minimum Gasteiger partial charge on any atom is -0.389 e. The fourth-order valence-corrected chi connectivity index (χ4v) is 2.08. The van der Waals surface area contributed by atoms with Crippen molar-refractivity contribution < 1.29 is 14.6 Å². The number of carbonyl (C=O) groups is 1. The second-order valence-corrected chi connectivity index (χ2v) is 5.52. The molecule has 0 fully saturated rings. The van der Waals surface area contributed by atoms with Crippen LogP contribution in [-0.2, 0) is 16.1 Å². The Bertz CT molecular complexity index is 355. The van der Waals surface area contributed by atoms with Gasteiger partial charge in [0, 0.05) is 38.5 Å². The van der Waals surface area contributed by atoms with E-state index in [0.717, 1.165) is 4.88 Å². The largest absolute Gasteiger partial charge is 0.389 e. The summed E-state index contributed by atoms with van der Waals surface area (Å²) in [5, 5.41) is 14.7. The Hall–Kier alpha value is -0.950. The molecule has 0 aliphatic rings. The van der Waals surface area contributed by atoms with Crippen molar-refractivity contribution in [2.45, 2.75) is 19.1 Å². The molecular weight excluding hydrogens is 264 g/mol. The van der Waals surface area contributed by atoms with Gasteiger partial charge in [0.1, 0.15) is 0 Å². The van der Waals surface area contributed by atoms with E-state index in [2.05, 4.69) is 5.32 Å². The third kappa shape index (κ3) is 7.27. The van der Waals surface area contributed by atoms with Crippen LogP contribution in [0.3, 0.4) is 0 Å². The van der Waals surface area contributed by atoms with Crippen LogP contribution in [0.25, 0.3) is 0 Å². The molecule has 0 aromatic carbocycles. The number of nitrogens with zero attached hydrogens (tertiary/aromatic N) is 1. The number of rotatable bonds is 9. The van der Waals surface area contributed by atoms with Gasteiger partial charge >= 0.3 is 0 Å². The molecule has 1 rings (SSSR count). The van der Waals surface area contributed by atoms with Crippen LogP contribution in [0.15, 0.2) is 17.5 Å². The Kier molecular flexibility index (Phi) is 7.66. The van der Waals surface area contributed by atoms with E-state index in [-0.39, 0.29) is 5.91 Å². The third-order valence-corrected chi connectivity index (χ3v) is 3.38. The number of aliphatic hydroxyl groups excluding tert-OH is 1. The maximum Gasteiger partial charge on any atom is 0.223 e. The molecule has 19 heavy (non-hydrogen) atoms. The van der Waals surface area contributed by atoms with Crippen molar-refractivity contribution in [3.8, 4) is 0 Å². The molecule has 0 radical (unpaired) electrons. The lowest BCUT2D eigenvalue weighted by Gasteiger charge is -2.13. The van der Waals surface area contributed by atoms with Gasteiger partial charge in [-0.3, -0.25) is 4.79 Å². The Morgan fingerprint density at radius 1 is 1.58 bits per heavy atom. The highest BCUT2D eigenvalue weighted by molar-refractivity contribution is 7.09. The van der Waals surface area contributed by atoms with Gasteiger partial charge in [0.2, 0.25) is 5.91 Å². The van der Waals surface area contributed by atoms with Crippen molar-refractivity contribution in [2.24, 2.45) is 0 Å². The molecule has 1 atom stereocenters. The van der Waals surface area contributed by atoms with Gasteiger partial charge in [-0.15, -0.1) is 11.3 Å². The second-order valence-electron chi connectivity index (χ2n) is 4.49. The molecule has 1 amide bonds. The molecule has 0 saturated heterocycles. The monoisotopic (exact) mass is 286 g/mol. The van der Waals surface area contributed by atoms with Gasteiger partial charge in [0.15, 0.2) is 0 Å². The molecule has 0 aliphatic carbocycles. The summed E-state index contributed by atoms with van der Waals surface area (Å²) in [4.78, 5) is 14.0. The van der Waals surface area contributed by atoms with Gasteiger partial charge in [0.05, 0.1) is 19.3 Å². The number of nitrogens with one attached hydrogen (secondary N) is 1. The van der Waals surface area contributed by atoms with E-state index in [1.54, 1.807) is 30.3 Å². The van der Waals surface area contributed by atoms with Crippen molar-refractivity contribution in [2.75, 3.05) is 33.8 Å². The van der Waals surface area contributed by atoms with E-state index in [1.165, 1.54) is 0 Å². The van der Waals surface area contributed by atoms with Gasteiger partial charge in [0.25, 0.3) is 0 Å². The SMILES string of the molecule is CN(C)C(=O)CCNCC(O)COCc1cccs1. The highest BCUT2D eigenvalue weighted by Crippen LogP contribution is 2.09. The summed E-state index contributed by atoms with van der Waals surface area (Å²) in [5.41, 5.74) is 0. The average Bonchev–Trinajstić information content (AvgIpc) is 2.87. The Morgan fingerprint density at radius 3 is 3.00 bits per heavy atom. The Labute approximate surface area is 118 Å². The molecule has 0 spiro atoms. The molecule has 108 valence electrons. The van der Waals surface area contributed by atoms with Crippen molar-refractivity contribution in [1.29, 1.82) is 0 Å². The molecule has 0 bridgehead atoms. The van der Waals surface area contributed by atoms with Crippen LogP contribution in [0.5, 0.6) is 0 Å². The van der Waals surface area contributed by atoms with Gasteiger partial charge in [-0.05, 0) is 11.4 Å². The van der Waals surface area contributed by atoms with E-state index < -0.39 is 6.10 Å². The van der Waals surface area contributed by atoms with Crippen LogP contribution >= 0.6 is 11.3 Å². The van der Waals surface area contributed by atoms with Gasteiger partial charge < -0.3 is 20.1 Å². The van der Waals surface area contributed by atoms with Crippen molar-refractivity contribution in [3.63, 3.8) is 0 Å². The fraction of sp³-hybridized carbons (Fsp3) is 0.615. The Morgan fingerprint density at radius 2 is 2.37 bits per heavy atom. The summed E-state index contributed by atoms with van der Waals surface area (Å²) in [6.45, 7) is 1.84. The molecule has 1 unspecified atom stereocenters. The van der Waals surface area contributed by atoms with Crippen molar-refractivity contribution in [3.05, 3.63) is 22.4 Å². The summed E-state index contributed by atoms with van der Waals surface area (Å²) >= 11 is 1.64. The predicted octanol–water partition coefficient (Wildman–Crippen LogP) is 0.694. The lowest BCUT2D eigenvalue weighted by molar-refractivity contribution is -0.128. The fourth-order valence-electron chi connectivity index (χ4n) is 1.44. The summed E-state index contributed by atoms with van der Waals surface area (Å²) in [6.07, 6.45) is -0.107. The molecular formula is C13H22N2O3S. The quantitative estimate of drug-likeness (QED) is 0.656. The first-order valence-electron chi connectivity index (χ1n) is 6.28. The first-order valence-corrected chi connectivity index (χ1v) is 7.16. The molecule has 0 saturated carbocycles. The van der Waals surface area contributed by atoms with E-state index in [9.17, 15) is 9.90 Å². The van der Waals surface area contributed by atoms with Crippen molar-refractivity contribution >= 4 is 17.2 Å². The van der Waals surface area contributed by atoms with Crippen LogP contribution in [0.4, 0.5) is 0 Å². The number of thiophene rings is 1. The zero-order valence-corrected chi connectivity index (χ0v) is 12.3. The minimum absolute atomic E-state index is 0.0796. The number of aliphatic hydroxyl groups is 1. The number of carbonyl (C=O) groups excluding carboxylic acids is 1. The first-order chi connectivity index (χ1) is 9.09. The van der Waals surface area contributed by atoms with E-state index in [1.807, 2.05) is 17.5 Å². The summed E-state index contributed by atoms with van der Waals surface area (Å²) in [5.74, 6) is 0.0796. The molecule has 6 heteroatoms. The van der Waals surface area contributed by atoms with Gasteiger partial charge in [-0.2, -0.15) is 0 Å². The normalized spacial score (nSPS) is 12.4. The molecule has 0 aliphatic heterocycles. The van der Waals surface area contributed by atoms with Crippen LogP contribution in [0.1, 0.15) is 11.3 Å². The number of hydrogen-bond acceptors (Lipinski definition) is 5. The average molecular weight is 286 g/mol. The first kappa shape index (κ1) is 16.1. The molecule has 5 nitrogen and oxygen atoms in total. The smallest absolute Gasteiger partial charge is 0.223 e.